The summed E-state index contributed by atoms with van der Waals surface area (Å²) in [6.45, 7) is 10.3. The van der Waals surface area contributed by atoms with Gasteiger partial charge in [-0.15, -0.1) is 0 Å². The molecule has 3 atom stereocenters. The lowest BCUT2D eigenvalue weighted by Crippen LogP contribution is -2.49. The van der Waals surface area contributed by atoms with Gasteiger partial charge in [-0.05, 0) is 44.8 Å². The van der Waals surface area contributed by atoms with E-state index in [9.17, 15) is 4.79 Å². The quantitative estimate of drug-likeness (QED) is 0.841. The van der Waals surface area contributed by atoms with E-state index in [0.717, 1.165) is 6.42 Å². The SMILES string of the molecule is CC(C)(C)OC(=O)NC1CC1NC1CSCCC1(C)C. The zero-order valence-corrected chi connectivity index (χ0v) is 14.1. The minimum atomic E-state index is -0.427. The van der Waals surface area contributed by atoms with Gasteiger partial charge in [-0.25, -0.2) is 4.79 Å². The summed E-state index contributed by atoms with van der Waals surface area (Å²) in [5, 5.41) is 6.66. The highest BCUT2D eigenvalue weighted by Crippen LogP contribution is 2.36. The third kappa shape index (κ3) is 4.55. The van der Waals surface area contributed by atoms with Crippen LogP contribution in [-0.2, 0) is 4.74 Å². The third-order valence-corrected chi connectivity index (χ3v) is 5.09. The maximum Gasteiger partial charge on any atom is 0.407 e. The number of hydrogen-bond donors (Lipinski definition) is 2. The maximum atomic E-state index is 11.7. The first kappa shape index (κ1) is 16.0. The van der Waals surface area contributed by atoms with Crippen molar-refractivity contribution in [3.05, 3.63) is 0 Å². The van der Waals surface area contributed by atoms with Crippen molar-refractivity contribution in [2.24, 2.45) is 5.41 Å². The lowest BCUT2D eigenvalue weighted by atomic mass is 9.82. The van der Waals surface area contributed by atoms with Gasteiger partial charge in [-0.3, -0.25) is 0 Å². The second kappa shape index (κ2) is 5.76. The minimum Gasteiger partial charge on any atom is -0.444 e. The molecule has 0 spiro atoms. The monoisotopic (exact) mass is 300 g/mol. The Hall–Kier alpha value is -0.420. The number of ether oxygens (including phenoxy) is 1. The molecule has 1 aliphatic carbocycles. The van der Waals surface area contributed by atoms with Gasteiger partial charge in [0.2, 0.25) is 0 Å². The average Bonchev–Trinajstić information content (AvgIpc) is 2.96. The van der Waals surface area contributed by atoms with Crippen molar-refractivity contribution in [2.75, 3.05) is 11.5 Å². The van der Waals surface area contributed by atoms with Gasteiger partial charge in [0.15, 0.2) is 0 Å². The fourth-order valence-corrected chi connectivity index (χ4v) is 4.09. The summed E-state index contributed by atoms with van der Waals surface area (Å²) in [5.74, 6) is 2.43. The summed E-state index contributed by atoms with van der Waals surface area (Å²) in [7, 11) is 0. The number of rotatable bonds is 3. The molecule has 0 aromatic rings. The number of thioether (sulfide) groups is 1. The third-order valence-electron chi connectivity index (χ3n) is 4.03. The number of nitrogens with one attached hydrogen (secondary N) is 2. The van der Waals surface area contributed by atoms with Gasteiger partial charge in [0.1, 0.15) is 5.60 Å². The molecular formula is C15H28N2O2S. The molecule has 1 saturated carbocycles. The standard InChI is InChI=1S/C15H28N2O2S/c1-14(2,3)19-13(18)17-11-8-10(11)16-12-9-20-7-6-15(12,4)5/h10-12,16H,6-9H2,1-5H3,(H,17,18). The molecule has 1 aliphatic heterocycles. The number of carbonyl (C=O) groups excluding carboxylic acids is 1. The van der Waals surface area contributed by atoms with Gasteiger partial charge in [0.25, 0.3) is 0 Å². The van der Waals surface area contributed by atoms with Crippen LogP contribution in [0.4, 0.5) is 4.79 Å². The molecule has 1 heterocycles. The fraction of sp³-hybridized carbons (Fsp3) is 0.933. The Bertz CT molecular complexity index is 365. The van der Waals surface area contributed by atoms with E-state index in [4.69, 9.17) is 4.74 Å². The summed E-state index contributed by atoms with van der Waals surface area (Å²) in [6.07, 6.45) is 1.96. The van der Waals surface area contributed by atoms with Crippen LogP contribution >= 0.6 is 11.8 Å². The molecule has 1 saturated heterocycles. The van der Waals surface area contributed by atoms with E-state index in [1.54, 1.807) is 0 Å². The van der Waals surface area contributed by atoms with E-state index in [0.29, 0.717) is 17.5 Å². The summed E-state index contributed by atoms with van der Waals surface area (Å²) in [4.78, 5) is 11.7. The molecule has 2 N–H and O–H groups in total. The normalized spacial score (nSPS) is 32.5. The molecular weight excluding hydrogens is 272 g/mol. The first-order chi connectivity index (χ1) is 9.17. The van der Waals surface area contributed by atoms with Crippen molar-refractivity contribution in [3.63, 3.8) is 0 Å². The van der Waals surface area contributed by atoms with E-state index < -0.39 is 5.60 Å². The van der Waals surface area contributed by atoms with Crippen molar-refractivity contribution in [1.29, 1.82) is 0 Å². The lowest BCUT2D eigenvalue weighted by molar-refractivity contribution is 0.0521. The van der Waals surface area contributed by atoms with Crippen molar-refractivity contribution in [2.45, 2.75) is 71.2 Å². The predicted octanol–water partition coefficient (Wildman–Crippen LogP) is 2.77. The van der Waals surface area contributed by atoms with E-state index in [2.05, 4.69) is 24.5 Å². The van der Waals surface area contributed by atoms with Crippen LogP contribution in [0.5, 0.6) is 0 Å². The number of alkyl carbamates (subject to hydrolysis) is 1. The second-order valence-electron chi connectivity index (χ2n) is 7.63. The summed E-state index contributed by atoms with van der Waals surface area (Å²) in [6, 6.07) is 1.18. The molecule has 116 valence electrons. The van der Waals surface area contributed by atoms with Gasteiger partial charge < -0.3 is 15.4 Å². The van der Waals surface area contributed by atoms with Crippen LogP contribution < -0.4 is 10.6 Å². The number of amides is 1. The highest BCUT2D eigenvalue weighted by molar-refractivity contribution is 7.99. The Kier molecular flexibility index (Phi) is 4.59. The minimum absolute atomic E-state index is 0.229. The summed E-state index contributed by atoms with van der Waals surface area (Å²) in [5.41, 5.74) is -0.0752. The van der Waals surface area contributed by atoms with Crippen molar-refractivity contribution >= 4 is 17.9 Å². The topological polar surface area (TPSA) is 50.4 Å². The molecule has 3 unspecified atom stereocenters. The van der Waals surface area contributed by atoms with Crippen molar-refractivity contribution in [3.8, 4) is 0 Å². The highest BCUT2D eigenvalue weighted by Gasteiger charge is 2.43. The molecule has 20 heavy (non-hydrogen) atoms. The molecule has 2 fully saturated rings. The zero-order valence-electron chi connectivity index (χ0n) is 13.3. The van der Waals surface area contributed by atoms with E-state index in [1.807, 2.05) is 32.5 Å². The molecule has 0 bridgehead atoms. The van der Waals surface area contributed by atoms with E-state index in [1.165, 1.54) is 17.9 Å². The van der Waals surface area contributed by atoms with Gasteiger partial charge in [-0.1, -0.05) is 13.8 Å². The predicted molar refractivity (Wildman–Crippen MR) is 84.2 cm³/mol. The second-order valence-corrected chi connectivity index (χ2v) is 8.78. The van der Waals surface area contributed by atoms with Crippen LogP contribution in [0, 0.1) is 5.41 Å². The molecule has 2 rings (SSSR count). The number of carbonyl (C=O) groups is 1. The smallest absolute Gasteiger partial charge is 0.407 e. The van der Waals surface area contributed by atoms with Crippen molar-refractivity contribution in [1.82, 2.24) is 10.6 Å². The van der Waals surface area contributed by atoms with Crippen LogP contribution in [0.1, 0.15) is 47.5 Å². The zero-order chi connectivity index (χ0) is 15.0. The first-order valence-electron chi connectivity index (χ1n) is 7.51. The molecule has 1 amide bonds. The Morgan fingerprint density at radius 2 is 2.00 bits per heavy atom. The summed E-state index contributed by atoms with van der Waals surface area (Å²) >= 11 is 2.02. The average molecular weight is 300 g/mol. The van der Waals surface area contributed by atoms with Gasteiger partial charge >= 0.3 is 6.09 Å². The van der Waals surface area contributed by atoms with Crippen LogP contribution in [0.15, 0.2) is 0 Å². The molecule has 4 nitrogen and oxygen atoms in total. The summed E-state index contributed by atoms with van der Waals surface area (Å²) < 4.78 is 5.29. The molecule has 0 radical (unpaired) electrons. The first-order valence-corrected chi connectivity index (χ1v) is 8.66. The van der Waals surface area contributed by atoms with Crippen LogP contribution in [0.2, 0.25) is 0 Å². The molecule has 5 heteroatoms. The van der Waals surface area contributed by atoms with E-state index >= 15 is 0 Å². The van der Waals surface area contributed by atoms with Crippen molar-refractivity contribution < 1.29 is 9.53 Å². The van der Waals surface area contributed by atoms with Crippen LogP contribution in [0.3, 0.4) is 0 Å². The molecule has 0 aromatic carbocycles. The molecule has 0 aromatic heterocycles. The fourth-order valence-electron chi connectivity index (χ4n) is 2.47. The van der Waals surface area contributed by atoms with Crippen LogP contribution in [0.25, 0.3) is 0 Å². The Balaban J connectivity index is 1.74. The van der Waals surface area contributed by atoms with E-state index in [-0.39, 0.29) is 12.1 Å². The molecule has 2 aliphatic rings. The Labute approximate surface area is 126 Å². The largest absolute Gasteiger partial charge is 0.444 e. The van der Waals surface area contributed by atoms with Gasteiger partial charge in [0, 0.05) is 23.9 Å². The van der Waals surface area contributed by atoms with Gasteiger partial charge in [0.05, 0.1) is 0 Å². The maximum absolute atomic E-state index is 11.7. The Morgan fingerprint density at radius 3 is 2.60 bits per heavy atom. The highest BCUT2D eigenvalue weighted by atomic mass is 32.2. The number of hydrogen-bond acceptors (Lipinski definition) is 4. The van der Waals surface area contributed by atoms with Crippen LogP contribution in [-0.4, -0.2) is 41.3 Å². The van der Waals surface area contributed by atoms with Gasteiger partial charge in [-0.2, -0.15) is 11.8 Å². The lowest BCUT2D eigenvalue weighted by Gasteiger charge is -2.39. The Morgan fingerprint density at radius 1 is 1.30 bits per heavy atom.